The summed E-state index contributed by atoms with van der Waals surface area (Å²) in [6.45, 7) is 0. The lowest BCUT2D eigenvalue weighted by atomic mass is 10.2. The van der Waals surface area contributed by atoms with E-state index in [-0.39, 0.29) is 10.6 Å². The molecule has 20 heavy (non-hydrogen) atoms. The molecule has 0 unspecified atom stereocenters. The highest BCUT2D eigenvalue weighted by atomic mass is 32.2. The maximum Gasteiger partial charge on any atom is 0.294 e. The first-order valence-electron chi connectivity index (χ1n) is 5.49. The maximum absolute atomic E-state index is 11.1. The minimum absolute atomic E-state index is 0.0754. The molecule has 2 rings (SSSR count). The van der Waals surface area contributed by atoms with Gasteiger partial charge in [0.2, 0.25) is 0 Å². The van der Waals surface area contributed by atoms with Gasteiger partial charge in [0.1, 0.15) is 0 Å². The molecule has 0 aliphatic rings. The first-order chi connectivity index (χ1) is 9.50. The summed E-state index contributed by atoms with van der Waals surface area (Å²) in [7, 11) is -4.34. The molecule has 0 saturated heterocycles. The molecule has 0 aliphatic carbocycles. The van der Waals surface area contributed by atoms with Gasteiger partial charge < -0.3 is 5.32 Å². The summed E-state index contributed by atoms with van der Waals surface area (Å²) in [5.74, 6) is 0. The lowest BCUT2D eigenvalue weighted by molar-refractivity contribution is 0.483. The fraction of sp³-hybridized carbons (Fsp3) is 0. The zero-order valence-corrected chi connectivity index (χ0v) is 10.9. The van der Waals surface area contributed by atoms with E-state index in [1.165, 1.54) is 12.1 Å². The minimum Gasteiger partial charge on any atom is -0.355 e. The molecule has 0 saturated carbocycles. The Bertz CT molecular complexity index is 769. The molecule has 0 atom stereocenters. The molecule has 0 radical (unpaired) electrons. The lowest BCUT2D eigenvalue weighted by Crippen LogP contribution is -1.98. The summed E-state index contributed by atoms with van der Waals surface area (Å²) < 4.78 is 31.1. The van der Waals surface area contributed by atoms with Crippen LogP contribution in [0.1, 0.15) is 0 Å². The van der Waals surface area contributed by atoms with E-state index in [1.54, 1.807) is 12.1 Å². The van der Waals surface area contributed by atoms with Gasteiger partial charge in [0.15, 0.2) is 0 Å². The minimum atomic E-state index is -4.34. The van der Waals surface area contributed by atoms with E-state index in [1.807, 2.05) is 18.2 Å². The number of hydrogen-bond donors (Lipinski definition) is 2. The van der Waals surface area contributed by atoms with Crippen LogP contribution in [0.2, 0.25) is 0 Å². The molecule has 0 aromatic heterocycles. The molecule has 8 heteroatoms. The van der Waals surface area contributed by atoms with Crippen molar-refractivity contribution >= 4 is 27.2 Å². The van der Waals surface area contributed by atoms with E-state index in [4.69, 9.17) is 10.1 Å². The van der Waals surface area contributed by atoms with Gasteiger partial charge in [-0.25, -0.2) is 0 Å². The molecule has 0 amide bonds. The van der Waals surface area contributed by atoms with Crippen molar-refractivity contribution in [2.24, 2.45) is 5.11 Å². The van der Waals surface area contributed by atoms with Gasteiger partial charge in [-0.1, -0.05) is 23.3 Å². The Hall–Kier alpha value is -2.54. The van der Waals surface area contributed by atoms with Gasteiger partial charge in [0.05, 0.1) is 10.6 Å². The Balaban J connectivity index is 2.46. The van der Waals surface area contributed by atoms with Gasteiger partial charge in [-0.05, 0) is 35.9 Å². The number of para-hydroxylation sites is 1. The third kappa shape index (κ3) is 3.27. The molecule has 2 aromatic rings. The Morgan fingerprint density at radius 3 is 2.45 bits per heavy atom. The normalized spacial score (nSPS) is 10.7. The van der Waals surface area contributed by atoms with E-state index >= 15 is 0 Å². The number of azide groups is 1. The molecule has 0 heterocycles. The highest BCUT2D eigenvalue weighted by Gasteiger charge is 2.12. The highest BCUT2D eigenvalue weighted by Crippen LogP contribution is 2.30. The molecular formula is C12H10N4O3S. The first kappa shape index (κ1) is 13.9. The van der Waals surface area contributed by atoms with Gasteiger partial charge in [0, 0.05) is 16.3 Å². The summed E-state index contributed by atoms with van der Waals surface area (Å²) in [6.07, 6.45) is 0. The Kier molecular flexibility index (Phi) is 3.90. The molecule has 7 nitrogen and oxygen atoms in total. The first-order valence-corrected chi connectivity index (χ1v) is 6.93. The number of hydrogen-bond acceptors (Lipinski definition) is 4. The largest absolute Gasteiger partial charge is 0.355 e. The van der Waals surface area contributed by atoms with Crippen LogP contribution in [0.4, 0.5) is 17.1 Å². The van der Waals surface area contributed by atoms with E-state index in [0.29, 0.717) is 5.69 Å². The predicted octanol–water partition coefficient (Wildman–Crippen LogP) is 3.62. The summed E-state index contributed by atoms with van der Waals surface area (Å²) in [5, 5.41) is 6.41. The van der Waals surface area contributed by atoms with Gasteiger partial charge in [0.25, 0.3) is 10.1 Å². The van der Waals surface area contributed by atoms with E-state index in [0.717, 1.165) is 11.8 Å². The van der Waals surface area contributed by atoms with Crippen molar-refractivity contribution in [3.05, 3.63) is 59.0 Å². The standard InChI is InChI=1S/C12H10N4O3S/c13-16-15-12-8-10(20(17,18)19)6-7-11(12)14-9-4-2-1-3-5-9/h1-8,14H,(H,17,18,19). The van der Waals surface area contributed by atoms with Crippen molar-refractivity contribution in [1.82, 2.24) is 0 Å². The van der Waals surface area contributed by atoms with Crippen LogP contribution in [-0.2, 0) is 10.1 Å². The molecule has 2 aromatic carbocycles. The summed E-state index contributed by atoms with van der Waals surface area (Å²) in [5.41, 5.74) is 9.78. The lowest BCUT2D eigenvalue weighted by Gasteiger charge is -2.10. The van der Waals surface area contributed by atoms with Crippen molar-refractivity contribution in [2.75, 3.05) is 5.32 Å². The zero-order chi connectivity index (χ0) is 14.6. The Labute approximate surface area is 115 Å². The third-order valence-electron chi connectivity index (χ3n) is 2.47. The molecule has 0 bridgehead atoms. The SMILES string of the molecule is [N-]=[N+]=Nc1cc(S(=O)(=O)O)ccc1Nc1ccccc1. The summed E-state index contributed by atoms with van der Waals surface area (Å²) in [6, 6.07) is 12.8. The number of nitrogens with zero attached hydrogens (tertiary/aromatic N) is 3. The van der Waals surface area contributed by atoms with Gasteiger partial charge >= 0.3 is 0 Å². The van der Waals surface area contributed by atoms with Crippen LogP contribution in [-0.4, -0.2) is 13.0 Å². The molecule has 0 aliphatic heterocycles. The average Bonchev–Trinajstić information content (AvgIpc) is 2.41. The second kappa shape index (κ2) is 5.62. The van der Waals surface area contributed by atoms with Crippen LogP contribution in [0.25, 0.3) is 10.4 Å². The van der Waals surface area contributed by atoms with Crippen LogP contribution in [0, 0.1) is 0 Å². The summed E-state index contributed by atoms with van der Waals surface area (Å²) >= 11 is 0. The molecule has 0 fully saturated rings. The monoisotopic (exact) mass is 290 g/mol. The van der Waals surface area contributed by atoms with Crippen LogP contribution >= 0.6 is 0 Å². The van der Waals surface area contributed by atoms with Crippen LogP contribution < -0.4 is 5.32 Å². The number of nitrogens with one attached hydrogen (secondary N) is 1. The smallest absolute Gasteiger partial charge is 0.294 e. The molecule has 0 spiro atoms. The number of benzene rings is 2. The Morgan fingerprint density at radius 1 is 1.15 bits per heavy atom. The maximum atomic E-state index is 11.1. The van der Waals surface area contributed by atoms with Crippen LogP contribution in [0.3, 0.4) is 0 Å². The van der Waals surface area contributed by atoms with Crippen LogP contribution in [0.5, 0.6) is 0 Å². The predicted molar refractivity (Wildman–Crippen MR) is 74.8 cm³/mol. The second-order valence-electron chi connectivity index (χ2n) is 3.83. The molecule has 2 N–H and O–H groups in total. The van der Waals surface area contributed by atoms with E-state index in [9.17, 15) is 8.42 Å². The van der Waals surface area contributed by atoms with E-state index < -0.39 is 10.1 Å². The van der Waals surface area contributed by atoms with Gasteiger partial charge in [-0.2, -0.15) is 8.42 Å². The molecule has 102 valence electrons. The topological polar surface area (TPSA) is 115 Å². The van der Waals surface area contributed by atoms with Crippen molar-refractivity contribution < 1.29 is 13.0 Å². The van der Waals surface area contributed by atoms with Crippen molar-refractivity contribution in [1.29, 1.82) is 0 Å². The average molecular weight is 290 g/mol. The van der Waals surface area contributed by atoms with Gasteiger partial charge in [-0.15, -0.1) is 0 Å². The highest BCUT2D eigenvalue weighted by molar-refractivity contribution is 7.85. The Morgan fingerprint density at radius 2 is 1.85 bits per heavy atom. The van der Waals surface area contributed by atoms with Crippen molar-refractivity contribution in [2.45, 2.75) is 4.90 Å². The van der Waals surface area contributed by atoms with Gasteiger partial charge in [-0.3, -0.25) is 4.55 Å². The van der Waals surface area contributed by atoms with E-state index in [2.05, 4.69) is 15.3 Å². The van der Waals surface area contributed by atoms with Crippen LogP contribution in [0.15, 0.2) is 58.5 Å². The second-order valence-corrected chi connectivity index (χ2v) is 5.26. The third-order valence-corrected chi connectivity index (χ3v) is 3.32. The number of anilines is 2. The fourth-order valence-electron chi connectivity index (χ4n) is 1.59. The molecular weight excluding hydrogens is 280 g/mol. The summed E-state index contributed by atoms with van der Waals surface area (Å²) in [4.78, 5) is 2.31. The van der Waals surface area contributed by atoms with Crippen molar-refractivity contribution in [3.63, 3.8) is 0 Å². The van der Waals surface area contributed by atoms with Crippen molar-refractivity contribution in [3.8, 4) is 0 Å². The quantitative estimate of drug-likeness (QED) is 0.387. The fourth-order valence-corrected chi connectivity index (χ4v) is 2.09. The zero-order valence-electron chi connectivity index (χ0n) is 10.1. The number of rotatable bonds is 4.